The van der Waals surface area contributed by atoms with E-state index in [1.54, 1.807) is 19.1 Å². The van der Waals surface area contributed by atoms with E-state index in [1.807, 2.05) is 0 Å². The van der Waals surface area contributed by atoms with Crippen molar-refractivity contribution in [3.63, 3.8) is 0 Å². The maximum atomic E-state index is 13.4. The average Bonchev–Trinajstić information content (AvgIpc) is 2.44. The summed E-state index contributed by atoms with van der Waals surface area (Å²) in [4.78, 5) is 12.0. The lowest BCUT2D eigenvalue weighted by molar-refractivity contribution is 0.0950. The molecule has 2 aromatic rings. The van der Waals surface area contributed by atoms with Crippen molar-refractivity contribution in [1.82, 2.24) is 5.32 Å². The second-order valence-electron chi connectivity index (χ2n) is 4.51. The topological polar surface area (TPSA) is 29.1 Å². The first kappa shape index (κ1) is 15.7. The molecule has 6 heteroatoms. The van der Waals surface area contributed by atoms with Crippen LogP contribution >= 0.6 is 23.2 Å². The molecule has 0 saturated carbocycles. The summed E-state index contributed by atoms with van der Waals surface area (Å²) in [7, 11) is 0. The molecule has 0 unspecified atom stereocenters. The highest BCUT2D eigenvalue weighted by Crippen LogP contribution is 2.24. The zero-order valence-electron chi connectivity index (χ0n) is 11.0. The molecule has 2 nitrogen and oxygen atoms in total. The van der Waals surface area contributed by atoms with Crippen LogP contribution < -0.4 is 5.32 Å². The van der Waals surface area contributed by atoms with E-state index in [0.29, 0.717) is 11.1 Å². The van der Waals surface area contributed by atoms with Crippen molar-refractivity contribution < 1.29 is 13.6 Å². The molecule has 21 heavy (non-hydrogen) atoms. The van der Waals surface area contributed by atoms with Crippen LogP contribution in [0.3, 0.4) is 0 Å². The van der Waals surface area contributed by atoms with Gasteiger partial charge in [0.25, 0.3) is 5.91 Å². The quantitative estimate of drug-likeness (QED) is 0.825. The van der Waals surface area contributed by atoms with E-state index in [2.05, 4.69) is 5.32 Å². The number of carbonyl (C=O) groups excluding carboxylic acids is 1. The molecule has 110 valence electrons. The fraction of sp³-hybridized carbons (Fsp3) is 0.133. The van der Waals surface area contributed by atoms with Gasteiger partial charge >= 0.3 is 0 Å². The van der Waals surface area contributed by atoms with Crippen LogP contribution in [0.25, 0.3) is 0 Å². The first-order valence-corrected chi connectivity index (χ1v) is 6.82. The van der Waals surface area contributed by atoms with Crippen molar-refractivity contribution in [2.24, 2.45) is 0 Å². The Balaban J connectivity index is 2.11. The summed E-state index contributed by atoms with van der Waals surface area (Å²) in [6.45, 7) is 1.75. The first-order chi connectivity index (χ1) is 9.88. The summed E-state index contributed by atoms with van der Waals surface area (Å²) < 4.78 is 26.7. The van der Waals surface area contributed by atoms with Gasteiger partial charge < -0.3 is 5.32 Å². The van der Waals surface area contributed by atoms with Gasteiger partial charge in [0.2, 0.25) is 0 Å². The van der Waals surface area contributed by atoms with Crippen LogP contribution in [-0.2, 0) is 6.54 Å². The number of hydrogen-bond acceptors (Lipinski definition) is 1. The van der Waals surface area contributed by atoms with Gasteiger partial charge in [-0.15, -0.1) is 0 Å². The Kier molecular flexibility index (Phi) is 4.80. The van der Waals surface area contributed by atoms with Crippen LogP contribution in [0.1, 0.15) is 21.5 Å². The molecular formula is C15H11Cl2F2NO. The summed E-state index contributed by atoms with van der Waals surface area (Å²) >= 11 is 11.4. The van der Waals surface area contributed by atoms with Crippen LogP contribution in [0, 0.1) is 18.6 Å². The number of nitrogens with one attached hydrogen (secondary N) is 1. The highest BCUT2D eigenvalue weighted by atomic mass is 35.5. The molecular weight excluding hydrogens is 319 g/mol. The fourth-order valence-electron chi connectivity index (χ4n) is 1.72. The molecule has 0 atom stereocenters. The SMILES string of the molecule is Cc1ccc(CNC(=O)c2cc(F)c(Cl)cc2Cl)cc1F. The van der Waals surface area contributed by atoms with E-state index in [9.17, 15) is 13.6 Å². The smallest absolute Gasteiger partial charge is 0.253 e. The van der Waals surface area contributed by atoms with Crippen LogP contribution in [0.4, 0.5) is 8.78 Å². The van der Waals surface area contributed by atoms with Gasteiger partial charge in [-0.1, -0.05) is 35.3 Å². The number of carbonyl (C=O) groups is 1. The molecule has 0 radical (unpaired) electrons. The molecule has 0 bridgehead atoms. The number of hydrogen-bond donors (Lipinski definition) is 1. The summed E-state index contributed by atoms with van der Waals surface area (Å²) in [5, 5.41) is 2.44. The van der Waals surface area contributed by atoms with Gasteiger partial charge in [-0.05, 0) is 36.2 Å². The molecule has 0 aliphatic rings. The van der Waals surface area contributed by atoms with Gasteiger partial charge in [0.15, 0.2) is 0 Å². The van der Waals surface area contributed by atoms with Gasteiger partial charge in [-0.25, -0.2) is 8.78 Å². The lowest BCUT2D eigenvalue weighted by Crippen LogP contribution is -2.23. The van der Waals surface area contributed by atoms with E-state index >= 15 is 0 Å². The van der Waals surface area contributed by atoms with Crippen LogP contribution in [0.2, 0.25) is 10.0 Å². The summed E-state index contributed by atoms with van der Waals surface area (Å²) in [5.41, 5.74) is 1.09. The zero-order chi connectivity index (χ0) is 15.6. The number of rotatable bonds is 3. The Morgan fingerprint density at radius 2 is 1.81 bits per heavy atom. The summed E-state index contributed by atoms with van der Waals surface area (Å²) in [6, 6.07) is 6.78. The lowest BCUT2D eigenvalue weighted by atomic mass is 10.1. The molecule has 0 aliphatic heterocycles. The van der Waals surface area contributed by atoms with Crippen molar-refractivity contribution in [2.45, 2.75) is 13.5 Å². The predicted octanol–water partition coefficient (Wildman–Crippen LogP) is 4.51. The second-order valence-corrected chi connectivity index (χ2v) is 5.33. The van der Waals surface area contributed by atoms with Crippen molar-refractivity contribution in [2.75, 3.05) is 0 Å². The van der Waals surface area contributed by atoms with Gasteiger partial charge in [0.1, 0.15) is 11.6 Å². The molecule has 0 heterocycles. The third-order valence-corrected chi connectivity index (χ3v) is 3.55. The molecule has 1 N–H and O–H groups in total. The Morgan fingerprint density at radius 3 is 2.48 bits per heavy atom. The van der Waals surface area contributed by atoms with E-state index < -0.39 is 11.7 Å². The Bertz CT molecular complexity index is 704. The van der Waals surface area contributed by atoms with Crippen molar-refractivity contribution in [1.29, 1.82) is 0 Å². The van der Waals surface area contributed by atoms with E-state index in [-0.39, 0.29) is 28.0 Å². The minimum Gasteiger partial charge on any atom is -0.348 e. The minimum atomic E-state index is -0.729. The number of aryl methyl sites for hydroxylation is 1. The lowest BCUT2D eigenvalue weighted by Gasteiger charge is -2.08. The van der Waals surface area contributed by atoms with Crippen LogP contribution in [-0.4, -0.2) is 5.91 Å². The molecule has 0 aromatic heterocycles. The molecule has 0 saturated heterocycles. The Morgan fingerprint density at radius 1 is 1.10 bits per heavy atom. The number of benzene rings is 2. The van der Waals surface area contributed by atoms with Crippen molar-refractivity contribution >= 4 is 29.1 Å². The van der Waals surface area contributed by atoms with E-state index in [1.165, 1.54) is 12.1 Å². The second kappa shape index (κ2) is 6.41. The van der Waals surface area contributed by atoms with Crippen molar-refractivity contribution in [3.05, 3.63) is 68.7 Å². The third-order valence-electron chi connectivity index (χ3n) is 2.94. The van der Waals surface area contributed by atoms with Gasteiger partial charge in [-0.3, -0.25) is 4.79 Å². The van der Waals surface area contributed by atoms with E-state index in [0.717, 1.165) is 6.07 Å². The normalized spacial score (nSPS) is 10.5. The third kappa shape index (κ3) is 3.71. The van der Waals surface area contributed by atoms with Crippen LogP contribution in [0.5, 0.6) is 0 Å². The highest BCUT2D eigenvalue weighted by Gasteiger charge is 2.14. The molecule has 0 fully saturated rings. The van der Waals surface area contributed by atoms with Crippen LogP contribution in [0.15, 0.2) is 30.3 Å². The first-order valence-electron chi connectivity index (χ1n) is 6.06. The zero-order valence-corrected chi connectivity index (χ0v) is 12.5. The largest absolute Gasteiger partial charge is 0.348 e. The predicted molar refractivity (Wildman–Crippen MR) is 78.7 cm³/mol. The average molecular weight is 330 g/mol. The standard InChI is InChI=1S/C15H11Cl2F2NO/c1-8-2-3-9(4-13(8)18)7-20-15(21)10-5-14(19)12(17)6-11(10)16/h2-6H,7H2,1H3,(H,20,21). The number of halogens is 4. The molecule has 0 aliphatic carbocycles. The maximum Gasteiger partial charge on any atom is 0.253 e. The number of amides is 1. The highest BCUT2D eigenvalue weighted by molar-refractivity contribution is 6.36. The fourth-order valence-corrected chi connectivity index (χ4v) is 2.19. The Labute approximate surface area is 130 Å². The molecule has 2 aromatic carbocycles. The maximum absolute atomic E-state index is 13.4. The molecule has 1 amide bonds. The Hall–Kier alpha value is -1.65. The van der Waals surface area contributed by atoms with Gasteiger partial charge in [0.05, 0.1) is 15.6 Å². The van der Waals surface area contributed by atoms with Gasteiger partial charge in [-0.2, -0.15) is 0 Å². The molecule has 2 rings (SSSR count). The summed E-state index contributed by atoms with van der Waals surface area (Å²) in [6.07, 6.45) is 0. The van der Waals surface area contributed by atoms with Gasteiger partial charge in [0, 0.05) is 6.54 Å². The van der Waals surface area contributed by atoms with E-state index in [4.69, 9.17) is 23.2 Å². The monoisotopic (exact) mass is 329 g/mol. The van der Waals surface area contributed by atoms with Crippen molar-refractivity contribution in [3.8, 4) is 0 Å². The summed E-state index contributed by atoms with van der Waals surface area (Å²) in [5.74, 6) is -1.64. The molecule has 0 spiro atoms. The minimum absolute atomic E-state index is 0.0221.